The number of amides is 1. The average Bonchev–Trinajstić information content (AvgIpc) is 2.72. The third-order valence-electron chi connectivity index (χ3n) is 2.94. The zero-order chi connectivity index (χ0) is 14.0. The molecule has 19 heavy (non-hydrogen) atoms. The first kappa shape index (κ1) is 13.1. The van der Waals surface area contributed by atoms with E-state index in [4.69, 9.17) is 5.73 Å². The molecule has 100 valence electrons. The molecule has 6 heteroatoms. The highest BCUT2D eigenvalue weighted by Gasteiger charge is 2.09. The molecule has 0 saturated carbocycles. The maximum atomic E-state index is 13.8. The summed E-state index contributed by atoms with van der Waals surface area (Å²) in [6.45, 7) is 2.54. The van der Waals surface area contributed by atoms with Crippen LogP contribution in [0.3, 0.4) is 0 Å². The van der Waals surface area contributed by atoms with E-state index in [2.05, 4.69) is 0 Å². The van der Waals surface area contributed by atoms with E-state index in [0.717, 1.165) is 6.07 Å². The van der Waals surface area contributed by atoms with E-state index < -0.39 is 11.7 Å². The molecule has 0 aliphatic carbocycles. The largest absolute Gasteiger partial charge is 0.366 e. The molecule has 0 aliphatic heterocycles. The van der Waals surface area contributed by atoms with Crippen LogP contribution in [0.2, 0.25) is 0 Å². The fourth-order valence-corrected chi connectivity index (χ4v) is 1.83. The van der Waals surface area contributed by atoms with Crippen molar-refractivity contribution in [3.05, 3.63) is 58.0 Å². The number of imidazole rings is 1. The first-order valence-corrected chi connectivity index (χ1v) is 5.86. The maximum Gasteiger partial charge on any atom is 0.328 e. The summed E-state index contributed by atoms with van der Waals surface area (Å²) in [5.74, 6) is -1.23. The molecule has 5 nitrogen and oxygen atoms in total. The van der Waals surface area contributed by atoms with E-state index in [1.54, 1.807) is 12.4 Å². The highest BCUT2D eigenvalue weighted by molar-refractivity contribution is 5.92. The monoisotopic (exact) mass is 263 g/mol. The number of carbonyl (C=O) groups is 1. The van der Waals surface area contributed by atoms with Crippen molar-refractivity contribution in [3.8, 4) is 0 Å². The van der Waals surface area contributed by atoms with E-state index >= 15 is 0 Å². The minimum atomic E-state index is -0.681. The molecule has 1 aromatic heterocycles. The van der Waals surface area contributed by atoms with E-state index in [0.29, 0.717) is 12.1 Å². The van der Waals surface area contributed by atoms with E-state index in [-0.39, 0.29) is 17.8 Å². The summed E-state index contributed by atoms with van der Waals surface area (Å²) >= 11 is 0. The molecule has 0 saturated heterocycles. The van der Waals surface area contributed by atoms with Gasteiger partial charge in [0.2, 0.25) is 5.91 Å². The molecule has 0 atom stereocenters. The molecular formula is C13H14FN3O2. The van der Waals surface area contributed by atoms with Crippen LogP contribution in [-0.2, 0) is 13.1 Å². The van der Waals surface area contributed by atoms with Crippen LogP contribution in [0.25, 0.3) is 0 Å². The third kappa shape index (κ3) is 2.57. The van der Waals surface area contributed by atoms with Crippen molar-refractivity contribution in [3.63, 3.8) is 0 Å². The Kier molecular flexibility index (Phi) is 3.50. The maximum absolute atomic E-state index is 13.8. The highest BCUT2D eigenvalue weighted by atomic mass is 19.1. The summed E-state index contributed by atoms with van der Waals surface area (Å²) < 4.78 is 16.7. The number of rotatable bonds is 4. The van der Waals surface area contributed by atoms with Gasteiger partial charge in [-0.15, -0.1) is 0 Å². The van der Waals surface area contributed by atoms with Gasteiger partial charge >= 0.3 is 5.69 Å². The summed E-state index contributed by atoms with van der Waals surface area (Å²) in [6, 6.07) is 3.99. The number of hydrogen-bond acceptors (Lipinski definition) is 2. The highest BCUT2D eigenvalue weighted by Crippen LogP contribution is 2.11. The molecule has 1 amide bonds. The molecule has 1 aromatic carbocycles. The fourth-order valence-electron chi connectivity index (χ4n) is 1.83. The molecule has 0 aliphatic rings. The van der Waals surface area contributed by atoms with Gasteiger partial charge in [-0.25, -0.2) is 9.18 Å². The van der Waals surface area contributed by atoms with Gasteiger partial charge in [0.1, 0.15) is 5.82 Å². The lowest BCUT2D eigenvalue weighted by Crippen LogP contribution is -2.24. The summed E-state index contributed by atoms with van der Waals surface area (Å²) in [6.07, 6.45) is 3.26. The van der Waals surface area contributed by atoms with E-state index in [1.165, 1.54) is 21.3 Å². The van der Waals surface area contributed by atoms with Crippen molar-refractivity contribution in [1.82, 2.24) is 9.13 Å². The molecule has 0 spiro atoms. The third-order valence-corrected chi connectivity index (χ3v) is 2.94. The Bertz CT molecular complexity index is 673. The quantitative estimate of drug-likeness (QED) is 0.892. The molecule has 0 unspecified atom stereocenters. The standard InChI is InChI=1S/C13H14FN3O2/c1-2-16-5-6-17(13(16)19)8-10-4-3-9(12(15)18)7-11(10)14/h3-7H,2,8H2,1H3,(H2,15,18). The second kappa shape index (κ2) is 5.09. The van der Waals surface area contributed by atoms with Gasteiger partial charge in [-0.2, -0.15) is 0 Å². The molecule has 2 N–H and O–H groups in total. The number of aromatic nitrogens is 2. The SMILES string of the molecule is CCn1ccn(Cc2ccc(C(N)=O)cc2F)c1=O. The number of aryl methyl sites for hydroxylation is 1. The van der Waals surface area contributed by atoms with Crippen LogP contribution in [-0.4, -0.2) is 15.0 Å². The second-order valence-corrected chi connectivity index (χ2v) is 4.17. The zero-order valence-electron chi connectivity index (χ0n) is 10.5. The van der Waals surface area contributed by atoms with Crippen molar-refractivity contribution in [2.24, 2.45) is 5.73 Å². The van der Waals surface area contributed by atoms with E-state index in [1.807, 2.05) is 6.92 Å². The Hall–Kier alpha value is -2.37. The molecule has 0 fully saturated rings. The average molecular weight is 263 g/mol. The fraction of sp³-hybridized carbons (Fsp3) is 0.231. The Balaban J connectivity index is 2.31. The number of nitrogens with two attached hydrogens (primary N) is 1. The van der Waals surface area contributed by atoms with Crippen LogP contribution in [0.5, 0.6) is 0 Å². The molecule has 2 rings (SSSR count). The van der Waals surface area contributed by atoms with Gasteiger partial charge in [0.25, 0.3) is 0 Å². The van der Waals surface area contributed by atoms with Crippen LogP contribution in [0.4, 0.5) is 4.39 Å². The lowest BCUT2D eigenvalue weighted by atomic mass is 10.1. The van der Waals surface area contributed by atoms with Crippen molar-refractivity contribution >= 4 is 5.91 Å². The predicted octanol–water partition coefficient (Wildman–Crippen LogP) is 0.956. The lowest BCUT2D eigenvalue weighted by Gasteiger charge is -2.05. The van der Waals surface area contributed by atoms with Gasteiger partial charge in [-0.05, 0) is 19.1 Å². The lowest BCUT2D eigenvalue weighted by molar-refractivity contribution is 0.1000. The van der Waals surface area contributed by atoms with Gasteiger partial charge < -0.3 is 5.73 Å². The summed E-state index contributed by atoms with van der Waals surface area (Å²) in [5.41, 5.74) is 5.32. The van der Waals surface area contributed by atoms with Crippen LogP contribution in [0.15, 0.2) is 35.4 Å². The Morgan fingerprint density at radius 1 is 1.32 bits per heavy atom. The Labute approximate surface area is 109 Å². The second-order valence-electron chi connectivity index (χ2n) is 4.17. The number of nitrogens with zero attached hydrogens (tertiary/aromatic N) is 2. The Morgan fingerprint density at radius 3 is 2.53 bits per heavy atom. The normalized spacial score (nSPS) is 10.6. The van der Waals surface area contributed by atoms with Crippen molar-refractivity contribution < 1.29 is 9.18 Å². The number of primary amides is 1. The Morgan fingerprint density at radius 2 is 2.00 bits per heavy atom. The summed E-state index contributed by atoms with van der Waals surface area (Å²) in [4.78, 5) is 22.7. The topological polar surface area (TPSA) is 70.0 Å². The zero-order valence-corrected chi connectivity index (χ0v) is 10.5. The first-order valence-electron chi connectivity index (χ1n) is 5.86. The van der Waals surface area contributed by atoms with Crippen molar-refractivity contribution in [1.29, 1.82) is 0 Å². The molecule has 2 aromatic rings. The van der Waals surface area contributed by atoms with Crippen LogP contribution >= 0.6 is 0 Å². The number of halogens is 1. The summed E-state index contributed by atoms with van der Waals surface area (Å²) in [7, 11) is 0. The molecule has 0 radical (unpaired) electrons. The molecule has 0 bridgehead atoms. The van der Waals surface area contributed by atoms with Crippen LogP contribution in [0.1, 0.15) is 22.8 Å². The van der Waals surface area contributed by atoms with Crippen molar-refractivity contribution in [2.75, 3.05) is 0 Å². The minimum absolute atomic E-state index is 0.111. The number of benzene rings is 1. The predicted molar refractivity (Wildman–Crippen MR) is 68.4 cm³/mol. The van der Waals surface area contributed by atoms with Gasteiger partial charge in [0, 0.05) is 30.1 Å². The number of hydrogen-bond donors (Lipinski definition) is 1. The van der Waals surface area contributed by atoms with Gasteiger partial charge in [0.05, 0.1) is 6.54 Å². The van der Waals surface area contributed by atoms with Gasteiger partial charge in [0.15, 0.2) is 0 Å². The summed E-state index contributed by atoms with van der Waals surface area (Å²) in [5, 5.41) is 0. The van der Waals surface area contributed by atoms with Gasteiger partial charge in [-0.1, -0.05) is 6.07 Å². The van der Waals surface area contributed by atoms with Crippen LogP contribution < -0.4 is 11.4 Å². The van der Waals surface area contributed by atoms with Gasteiger partial charge in [-0.3, -0.25) is 13.9 Å². The minimum Gasteiger partial charge on any atom is -0.366 e. The van der Waals surface area contributed by atoms with Crippen molar-refractivity contribution in [2.45, 2.75) is 20.0 Å². The molecule has 1 heterocycles. The number of carbonyl (C=O) groups excluding carboxylic acids is 1. The first-order chi connectivity index (χ1) is 9.02. The van der Waals surface area contributed by atoms with Crippen LogP contribution in [0, 0.1) is 5.82 Å². The van der Waals surface area contributed by atoms with E-state index in [9.17, 15) is 14.0 Å². The molecular weight excluding hydrogens is 249 g/mol. The smallest absolute Gasteiger partial charge is 0.328 e.